The lowest BCUT2D eigenvalue weighted by Gasteiger charge is -2.16. The lowest BCUT2D eigenvalue weighted by atomic mass is 10.2. The molecule has 2 N–H and O–H groups in total. The summed E-state index contributed by atoms with van der Waals surface area (Å²) in [6.07, 6.45) is 1.34. The molecule has 152 valence electrons. The van der Waals surface area contributed by atoms with Crippen LogP contribution in [0.2, 0.25) is 0 Å². The minimum absolute atomic E-state index is 0.436. The minimum Gasteiger partial charge on any atom is -0.497 e. The van der Waals surface area contributed by atoms with Gasteiger partial charge in [0.25, 0.3) is 0 Å². The molecule has 3 rings (SSSR count). The molecule has 6 nitrogen and oxygen atoms in total. The molecule has 0 fully saturated rings. The third-order valence-electron chi connectivity index (χ3n) is 4.17. The lowest BCUT2D eigenvalue weighted by Crippen LogP contribution is -2.10. The topological polar surface area (TPSA) is 64.6 Å². The van der Waals surface area contributed by atoms with Crippen LogP contribution in [0, 0.1) is 0 Å². The normalized spacial score (nSPS) is 10.8. The fraction of sp³-hybridized carbons (Fsp3) is 0.261. The zero-order chi connectivity index (χ0) is 20.5. The van der Waals surface area contributed by atoms with Crippen molar-refractivity contribution in [1.82, 2.24) is 4.98 Å². The van der Waals surface area contributed by atoms with E-state index in [9.17, 15) is 0 Å². The van der Waals surface area contributed by atoms with Crippen LogP contribution in [0.1, 0.15) is 25.8 Å². The minimum atomic E-state index is -0.436. The zero-order valence-electron chi connectivity index (χ0n) is 17.0. The second-order valence-electron chi connectivity index (χ2n) is 6.28. The third-order valence-corrected chi connectivity index (χ3v) is 4.17. The molecule has 29 heavy (non-hydrogen) atoms. The molecular weight excluding hydrogens is 366 g/mol. The lowest BCUT2D eigenvalue weighted by molar-refractivity contribution is -0.142. The quantitative estimate of drug-likeness (QED) is 0.434. The monoisotopic (exact) mass is 393 g/mol. The van der Waals surface area contributed by atoms with E-state index in [1.807, 2.05) is 74.5 Å². The molecule has 0 amide bonds. The Hall–Kier alpha value is -3.09. The number of pyridine rings is 1. The van der Waals surface area contributed by atoms with Gasteiger partial charge in [0, 0.05) is 36.3 Å². The van der Waals surface area contributed by atoms with Gasteiger partial charge in [-0.3, -0.25) is 4.98 Å². The van der Waals surface area contributed by atoms with Crippen LogP contribution in [0.4, 0.5) is 22.7 Å². The van der Waals surface area contributed by atoms with E-state index in [4.69, 9.17) is 14.2 Å². The average molecular weight is 393 g/mol. The van der Waals surface area contributed by atoms with Gasteiger partial charge in [-0.15, -0.1) is 0 Å². The summed E-state index contributed by atoms with van der Waals surface area (Å²) in [5.74, 6) is 0.813. The molecule has 0 aliphatic rings. The molecule has 0 atom stereocenters. The maximum absolute atomic E-state index is 5.59. The van der Waals surface area contributed by atoms with Crippen molar-refractivity contribution in [1.29, 1.82) is 0 Å². The number of methoxy groups -OCH3 is 1. The number of benzene rings is 2. The number of nitrogens with zero attached hydrogens (tertiary/aromatic N) is 1. The molecule has 3 aromatic rings. The fourth-order valence-electron chi connectivity index (χ4n) is 2.85. The highest BCUT2D eigenvalue weighted by atomic mass is 16.7. The van der Waals surface area contributed by atoms with E-state index in [2.05, 4.69) is 15.6 Å². The number of hydrogen-bond donors (Lipinski definition) is 2. The Morgan fingerprint density at radius 3 is 2.00 bits per heavy atom. The fourth-order valence-corrected chi connectivity index (χ4v) is 2.85. The van der Waals surface area contributed by atoms with Crippen molar-refractivity contribution in [2.24, 2.45) is 0 Å². The highest BCUT2D eigenvalue weighted by Crippen LogP contribution is 2.25. The summed E-state index contributed by atoms with van der Waals surface area (Å²) in [7, 11) is 1.66. The molecule has 0 saturated carbocycles. The molecule has 1 heterocycles. The number of ether oxygens (including phenoxy) is 3. The largest absolute Gasteiger partial charge is 0.497 e. The number of rotatable bonds is 10. The SMILES string of the molecule is CCOC(OCC)c1ccc(Nc2cccc(Nc3cccc(OC)c3)c2)cn1. The molecule has 0 unspecified atom stereocenters. The van der Waals surface area contributed by atoms with E-state index in [0.29, 0.717) is 13.2 Å². The summed E-state index contributed by atoms with van der Waals surface area (Å²) in [5, 5.41) is 6.76. The Labute approximate surface area is 171 Å². The molecule has 1 aromatic heterocycles. The standard InChI is InChI=1S/C23H27N3O3/c1-4-28-23(29-5-2)22-13-12-20(16-24-22)26-18-9-6-8-17(14-18)25-19-10-7-11-21(15-19)27-3/h6-16,23,25-26H,4-5H2,1-3H3. The summed E-state index contributed by atoms with van der Waals surface area (Å²) >= 11 is 0. The molecule has 0 radical (unpaired) electrons. The van der Waals surface area contributed by atoms with E-state index in [-0.39, 0.29) is 0 Å². The van der Waals surface area contributed by atoms with Gasteiger partial charge in [0.1, 0.15) is 5.75 Å². The summed E-state index contributed by atoms with van der Waals surface area (Å²) in [6.45, 7) is 5.02. The Kier molecular flexibility index (Phi) is 7.44. The number of hydrogen-bond acceptors (Lipinski definition) is 6. The summed E-state index contributed by atoms with van der Waals surface area (Å²) in [4.78, 5) is 4.48. The van der Waals surface area contributed by atoms with Gasteiger partial charge in [0.2, 0.25) is 6.29 Å². The number of aromatic nitrogens is 1. The van der Waals surface area contributed by atoms with Crippen molar-refractivity contribution in [2.45, 2.75) is 20.1 Å². The van der Waals surface area contributed by atoms with Crippen molar-refractivity contribution in [3.63, 3.8) is 0 Å². The van der Waals surface area contributed by atoms with Crippen molar-refractivity contribution in [3.8, 4) is 5.75 Å². The van der Waals surface area contributed by atoms with Gasteiger partial charge in [-0.25, -0.2) is 0 Å². The molecular formula is C23H27N3O3. The second kappa shape index (κ2) is 10.5. The van der Waals surface area contributed by atoms with Gasteiger partial charge in [0.05, 0.1) is 24.7 Å². The van der Waals surface area contributed by atoms with Crippen molar-refractivity contribution in [2.75, 3.05) is 31.0 Å². The zero-order valence-corrected chi connectivity index (χ0v) is 17.0. The molecule has 0 saturated heterocycles. The predicted molar refractivity (Wildman–Crippen MR) is 116 cm³/mol. The van der Waals surface area contributed by atoms with Crippen LogP contribution in [-0.2, 0) is 9.47 Å². The van der Waals surface area contributed by atoms with Crippen LogP contribution < -0.4 is 15.4 Å². The Morgan fingerprint density at radius 2 is 1.41 bits per heavy atom. The van der Waals surface area contributed by atoms with Gasteiger partial charge in [-0.1, -0.05) is 12.1 Å². The van der Waals surface area contributed by atoms with Gasteiger partial charge in [-0.2, -0.15) is 0 Å². The maximum atomic E-state index is 5.59. The van der Waals surface area contributed by atoms with Crippen LogP contribution in [-0.4, -0.2) is 25.3 Å². The highest BCUT2D eigenvalue weighted by Gasteiger charge is 2.12. The van der Waals surface area contributed by atoms with Gasteiger partial charge in [0.15, 0.2) is 0 Å². The van der Waals surface area contributed by atoms with Crippen LogP contribution >= 0.6 is 0 Å². The van der Waals surface area contributed by atoms with E-state index in [0.717, 1.165) is 34.2 Å². The second-order valence-corrected chi connectivity index (χ2v) is 6.28. The first-order valence-corrected chi connectivity index (χ1v) is 9.69. The van der Waals surface area contributed by atoms with E-state index in [1.54, 1.807) is 13.3 Å². The maximum Gasteiger partial charge on any atom is 0.201 e. The van der Waals surface area contributed by atoms with Gasteiger partial charge in [-0.05, 0) is 56.3 Å². The molecule has 0 bridgehead atoms. The number of anilines is 4. The van der Waals surface area contributed by atoms with Crippen molar-refractivity contribution < 1.29 is 14.2 Å². The Bertz CT molecular complexity index is 894. The summed E-state index contributed by atoms with van der Waals surface area (Å²) in [6, 6.07) is 19.8. The van der Waals surface area contributed by atoms with Crippen molar-refractivity contribution in [3.05, 3.63) is 72.6 Å². The molecule has 0 aliphatic heterocycles. The van der Waals surface area contributed by atoms with E-state index in [1.165, 1.54) is 0 Å². The number of nitrogens with one attached hydrogen (secondary N) is 2. The van der Waals surface area contributed by atoms with E-state index < -0.39 is 6.29 Å². The molecule has 2 aromatic carbocycles. The first-order chi connectivity index (χ1) is 14.2. The van der Waals surface area contributed by atoms with Gasteiger partial charge < -0.3 is 24.8 Å². The summed E-state index contributed by atoms with van der Waals surface area (Å²) < 4.78 is 16.5. The Morgan fingerprint density at radius 1 is 0.793 bits per heavy atom. The molecule has 6 heteroatoms. The van der Waals surface area contributed by atoms with Crippen LogP contribution in [0.15, 0.2) is 66.9 Å². The molecule has 0 spiro atoms. The highest BCUT2D eigenvalue weighted by molar-refractivity contribution is 5.68. The van der Waals surface area contributed by atoms with E-state index >= 15 is 0 Å². The summed E-state index contributed by atoms with van der Waals surface area (Å²) in [5.41, 5.74) is 4.54. The third kappa shape index (κ3) is 5.94. The molecule has 0 aliphatic carbocycles. The first kappa shape index (κ1) is 20.6. The Balaban J connectivity index is 1.68. The van der Waals surface area contributed by atoms with Crippen LogP contribution in [0.5, 0.6) is 5.75 Å². The first-order valence-electron chi connectivity index (χ1n) is 9.69. The van der Waals surface area contributed by atoms with Gasteiger partial charge >= 0.3 is 0 Å². The predicted octanol–water partition coefficient (Wildman–Crippen LogP) is 5.65. The van der Waals surface area contributed by atoms with Crippen LogP contribution in [0.25, 0.3) is 0 Å². The smallest absolute Gasteiger partial charge is 0.201 e. The van der Waals surface area contributed by atoms with Crippen LogP contribution in [0.3, 0.4) is 0 Å². The average Bonchev–Trinajstić information content (AvgIpc) is 2.75. The van der Waals surface area contributed by atoms with Crippen molar-refractivity contribution >= 4 is 22.7 Å².